The average molecular weight is 352 g/mol. The maximum atomic E-state index is 14.3. The van der Waals surface area contributed by atoms with Gasteiger partial charge in [0.15, 0.2) is 6.17 Å². The summed E-state index contributed by atoms with van der Waals surface area (Å²) in [5.74, 6) is -1.18. The highest BCUT2D eigenvalue weighted by Crippen LogP contribution is 2.44. The van der Waals surface area contributed by atoms with Crippen molar-refractivity contribution in [3.05, 3.63) is 32.6 Å². The van der Waals surface area contributed by atoms with Crippen molar-refractivity contribution in [3.8, 4) is 12.3 Å². The van der Waals surface area contributed by atoms with Gasteiger partial charge in [-0.05, 0) is 0 Å². The smallest absolute Gasteiger partial charge is 0.317 e. The van der Waals surface area contributed by atoms with Crippen molar-refractivity contribution in [2.45, 2.75) is 24.7 Å². The van der Waals surface area contributed by atoms with Crippen LogP contribution in [0.25, 0.3) is 0 Å². The molecule has 2 heterocycles. The van der Waals surface area contributed by atoms with Gasteiger partial charge in [0.25, 0.3) is 11.4 Å². The van der Waals surface area contributed by atoms with Gasteiger partial charge in [-0.3, -0.25) is 18.9 Å². The summed E-state index contributed by atoms with van der Waals surface area (Å²) in [6, 6.07) is 0. The van der Waals surface area contributed by atoms with Crippen LogP contribution in [0.2, 0.25) is 0 Å². The molecule has 0 aliphatic carbocycles. The number of rotatable bonds is 4. The van der Waals surface area contributed by atoms with Crippen LogP contribution in [-0.2, 0) is 13.8 Å². The number of hydrogen-bond donors (Lipinski definition) is 3. The number of phosphoric acid groups is 1. The van der Waals surface area contributed by atoms with Gasteiger partial charge in [-0.15, -0.1) is 6.42 Å². The number of nitrogens with zero attached hydrogens (tertiary/aromatic N) is 1. The molecule has 1 aliphatic heterocycles. The topological polar surface area (TPSA) is 131 Å². The molecule has 12 heteroatoms. The molecule has 3 N–H and O–H groups in total. The van der Waals surface area contributed by atoms with E-state index in [1.54, 1.807) is 0 Å². The van der Waals surface area contributed by atoms with Gasteiger partial charge in [0.05, 0.1) is 0 Å². The predicted octanol–water partition coefficient (Wildman–Crippen LogP) is -0.450. The number of hydrogen-bond acceptors (Lipinski definition) is 5. The van der Waals surface area contributed by atoms with Gasteiger partial charge >= 0.3 is 13.5 Å². The van der Waals surface area contributed by atoms with E-state index in [0.29, 0.717) is 4.57 Å². The molecule has 0 bridgehead atoms. The Balaban J connectivity index is 2.28. The molecule has 1 aliphatic rings. The van der Waals surface area contributed by atoms with E-state index in [1.165, 1.54) is 0 Å². The molecule has 0 radical (unpaired) electrons. The number of aromatic nitrogens is 2. The number of aromatic amines is 1. The lowest BCUT2D eigenvalue weighted by atomic mass is 10.2. The average Bonchev–Trinajstić information content (AvgIpc) is 2.72. The zero-order chi connectivity index (χ0) is 17.4. The number of halogens is 2. The highest BCUT2D eigenvalue weighted by Gasteiger charge is 2.52. The van der Waals surface area contributed by atoms with E-state index < -0.39 is 50.4 Å². The Morgan fingerprint density at radius 1 is 1.61 bits per heavy atom. The van der Waals surface area contributed by atoms with E-state index in [4.69, 9.17) is 20.9 Å². The van der Waals surface area contributed by atoms with Gasteiger partial charge in [-0.2, -0.15) is 0 Å². The Morgan fingerprint density at radius 3 is 2.83 bits per heavy atom. The summed E-state index contributed by atoms with van der Waals surface area (Å²) >= 11 is 0. The molecular formula is C11H11F2N2O7P. The third kappa shape index (κ3) is 3.74. The van der Waals surface area contributed by atoms with Crippen LogP contribution in [0.15, 0.2) is 15.8 Å². The van der Waals surface area contributed by atoms with E-state index in [1.807, 2.05) is 10.9 Å². The second-order valence-corrected chi connectivity index (χ2v) is 5.92. The number of alkyl halides is 2. The number of ether oxygens (including phenoxy) is 1. The van der Waals surface area contributed by atoms with Crippen LogP contribution >= 0.6 is 7.82 Å². The fraction of sp³-hybridized carbons (Fsp3) is 0.455. The summed E-state index contributed by atoms with van der Waals surface area (Å²) in [6.45, 7) is -1.38. The highest BCUT2D eigenvalue weighted by molar-refractivity contribution is 7.46. The fourth-order valence-electron chi connectivity index (χ4n) is 1.97. The zero-order valence-electron chi connectivity index (χ0n) is 11.3. The third-order valence-corrected chi connectivity index (χ3v) is 3.54. The molecule has 0 amide bonds. The summed E-state index contributed by atoms with van der Waals surface area (Å²) < 4.78 is 48.0. The maximum absolute atomic E-state index is 14.3. The Hall–Kier alpha value is -1.83. The molecule has 9 nitrogen and oxygen atoms in total. The van der Waals surface area contributed by atoms with Gasteiger partial charge in [0, 0.05) is 12.6 Å². The first kappa shape index (κ1) is 17.5. The molecule has 23 heavy (non-hydrogen) atoms. The fourth-order valence-corrected chi connectivity index (χ4v) is 2.31. The second-order valence-electron chi connectivity index (χ2n) is 4.68. The van der Waals surface area contributed by atoms with E-state index in [2.05, 4.69) is 4.52 Å². The summed E-state index contributed by atoms with van der Waals surface area (Å²) in [7, 11) is -5.04. The van der Waals surface area contributed by atoms with E-state index >= 15 is 0 Å². The lowest BCUT2D eigenvalue weighted by molar-refractivity contribution is -0.193. The highest BCUT2D eigenvalue weighted by atomic mass is 31.2. The minimum atomic E-state index is -5.04. The van der Waals surface area contributed by atoms with Gasteiger partial charge in [0.1, 0.15) is 18.4 Å². The van der Waals surface area contributed by atoms with Gasteiger partial charge < -0.3 is 14.5 Å². The molecule has 1 saturated heterocycles. The first-order valence-electron chi connectivity index (χ1n) is 6.09. The first-order valence-corrected chi connectivity index (χ1v) is 7.62. The van der Waals surface area contributed by atoms with Crippen LogP contribution in [-0.4, -0.2) is 38.0 Å². The Labute approximate surface area is 127 Å². The van der Waals surface area contributed by atoms with Crippen LogP contribution in [0, 0.1) is 12.3 Å². The molecule has 0 unspecified atom stereocenters. The van der Waals surface area contributed by atoms with Crippen molar-refractivity contribution in [1.29, 1.82) is 0 Å². The van der Waals surface area contributed by atoms with Gasteiger partial charge in [-0.25, -0.2) is 18.1 Å². The molecule has 0 aromatic carbocycles. The van der Waals surface area contributed by atoms with Crippen molar-refractivity contribution >= 4 is 7.82 Å². The number of H-pyrrole nitrogens is 1. The standard InChI is InChI=1S/C11H11F2N2O7P/c1-2-6-4-15(10(17)14-9(6)16)8-3-7(12)11(13,22-8)5-21-23(18,19)20/h1,4,7-8H,3,5H2,(H,14,16,17)(H2,18,19,20)/t7-,8+,11+/m0/s1. The lowest BCUT2D eigenvalue weighted by Crippen LogP contribution is -2.38. The molecule has 2 rings (SSSR count). The van der Waals surface area contributed by atoms with Crippen LogP contribution < -0.4 is 11.2 Å². The number of nitrogens with one attached hydrogen (secondary N) is 1. The molecule has 1 aromatic rings. The molecule has 3 atom stereocenters. The quantitative estimate of drug-likeness (QED) is 0.494. The first-order chi connectivity index (χ1) is 10.6. The van der Waals surface area contributed by atoms with Crippen LogP contribution in [0.1, 0.15) is 18.2 Å². The largest absolute Gasteiger partial charge is 0.469 e. The number of phosphoric ester groups is 1. The molecular weight excluding hydrogens is 341 g/mol. The van der Waals surface area contributed by atoms with Crippen molar-refractivity contribution < 1.29 is 32.4 Å². The zero-order valence-corrected chi connectivity index (χ0v) is 12.2. The van der Waals surface area contributed by atoms with Gasteiger partial charge in [0.2, 0.25) is 0 Å². The van der Waals surface area contributed by atoms with E-state index in [-0.39, 0.29) is 5.56 Å². The van der Waals surface area contributed by atoms with E-state index in [9.17, 15) is 22.9 Å². The molecule has 1 aromatic heterocycles. The summed E-state index contributed by atoms with van der Waals surface area (Å²) in [4.78, 5) is 41.9. The Bertz CT molecular complexity index is 810. The summed E-state index contributed by atoms with van der Waals surface area (Å²) in [5.41, 5.74) is -2.11. The molecule has 1 fully saturated rings. The summed E-state index contributed by atoms with van der Waals surface area (Å²) in [6.07, 6.45) is 1.50. The minimum absolute atomic E-state index is 0.258. The van der Waals surface area contributed by atoms with Gasteiger partial charge in [-0.1, -0.05) is 5.92 Å². The molecule has 126 valence electrons. The minimum Gasteiger partial charge on any atom is -0.317 e. The van der Waals surface area contributed by atoms with Crippen molar-refractivity contribution in [1.82, 2.24) is 9.55 Å². The normalized spacial score (nSPS) is 27.8. The lowest BCUT2D eigenvalue weighted by Gasteiger charge is -2.22. The van der Waals surface area contributed by atoms with Crippen molar-refractivity contribution in [2.75, 3.05) is 6.61 Å². The van der Waals surface area contributed by atoms with Crippen LogP contribution in [0.3, 0.4) is 0 Å². The Morgan fingerprint density at radius 2 is 2.26 bits per heavy atom. The number of terminal acetylenes is 1. The van der Waals surface area contributed by atoms with E-state index in [0.717, 1.165) is 6.20 Å². The second kappa shape index (κ2) is 5.99. The predicted molar refractivity (Wildman–Crippen MR) is 70.7 cm³/mol. The van der Waals surface area contributed by atoms with Crippen LogP contribution in [0.4, 0.5) is 8.78 Å². The molecule has 0 spiro atoms. The SMILES string of the molecule is C#Cc1cn([C@H]2C[C@H](F)[C@@](F)(COP(=O)(O)O)O2)c(=O)[nH]c1=O. The summed E-state index contributed by atoms with van der Waals surface area (Å²) in [5, 5.41) is 0. The maximum Gasteiger partial charge on any atom is 0.469 e. The Kier molecular flexibility index (Phi) is 4.57. The molecule has 0 saturated carbocycles. The third-order valence-electron chi connectivity index (χ3n) is 3.07. The van der Waals surface area contributed by atoms with Crippen molar-refractivity contribution in [3.63, 3.8) is 0 Å². The van der Waals surface area contributed by atoms with Crippen LogP contribution in [0.5, 0.6) is 0 Å². The van der Waals surface area contributed by atoms with Crippen molar-refractivity contribution in [2.24, 2.45) is 0 Å². The monoisotopic (exact) mass is 352 g/mol.